The second-order valence-electron chi connectivity index (χ2n) is 4.32. The Hall–Kier alpha value is -2.33. The van der Waals surface area contributed by atoms with Crippen molar-refractivity contribution in [3.05, 3.63) is 65.7 Å². The average molecular weight is 253 g/mol. The predicted octanol–water partition coefficient (Wildman–Crippen LogP) is 2.69. The van der Waals surface area contributed by atoms with E-state index in [2.05, 4.69) is 21.9 Å². The predicted molar refractivity (Wildman–Crippen MR) is 75.6 cm³/mol. The Morgan fingerprint density at radius 3 is 2.74 bits per heavy atom. The van der Waals surface area contributed by atoms with Crippen LogP contribution >= 0.6 is 0 Å². The van der Waals surface area contributed by atoms with Gasteiger partial charge in [-0.15, -0.1) is 0 Å². The highest BCUT2D eigenvalue weighted by Crippen LogP contribution is 2.18. The number of hydrogen-bond acceptors (Lipinski definition) is 4. The van der Waals surface area contributed by atoms with Crippen molar-refractivity contribution in [2.75, 3.05) is 5.32 Å². The molecule has 0 aromatic heterocycles. The number of para-hydroxylation sites is 1. The highest BCUT2D eigenvalue weighted by Gasteiger charge is 2.10. The SMILES string of the molecule is c1ccc(CONC2=NCc3ccccc3N2)cc1. The van der Waals surface area contributed by atoms with Gasteiger partial charge in [-0.3, -0.25) is 4.84 Å². The van der Waals surface area contributed by atoms with E-state index >= 15 is 0 Å². The lowest BCUT2D eigenvalue weighted by atomic mass is 10.1. The zero-order valence-electron chi connectivity index (χ0n) is 10.5. The summed E-state index contributed by atoms with van der Waals surface area (Å²) >= 11 is 0. The Morgan fingerprint density at radius 2 is 1.84 bits per heavy atom. The molecule has 0 fully saturated rings. The topological polar surface area (TPSA) is 45.6 Å². The van der Waals surface area contributed by atoms with Crippen LogP contribution < -0.4 is 10.8 Å². The van der Waals surface area contributed by atoms with Crippen molar-refractivity contribution in [2.24, 2.45) is 4.99 Å². The van der Waals surface area contributed by atoms with E-state index in [9.17, 15) is 0 Å². The molecule has 0 spiro atoms. The summed E-state index contributed by atoms with van der Waals surface area (Å²) in [5.41, 5.74) is 6.23. The fourth-order valence-corrected chi connectivity index (χ4v) is 1.93. The summed E-state index contributed by atoms with van der Waals surface area (Å²) < 4.78 is 0. The number of rotatable bonds is 3. The second kappa shape index (κ2) is 5.54. The third kappa shape index (κ3) is 2.92. The number of hydrogen-bond donors (Lipinski definition) is 2. The van der Waals surface area contributed by atoms with Crippen LogP contribution in [0.3, 0.4) is 0 Å². The van der Waals surface area contributed by atoms with Gasteiger partial charge in [-0.05, 0) is 17.2 Å². The quantitative estimate of drug-likeness (QED) is 0.827. The van der Waals surface area contributed by atoms with Gasteiger partial charge in [0.2, 0.25) is 5.96 Å². The fraction of sp³-hybridized carbons (Fsp3) is 0.133. The highest BCUT2D eigenvalue weighted by atomic mass is 16.6. The molecule has 0 saturated heterocycles. The third-order valence-corrected chi connectivity index (χ3v) is 2.93. The van der Waals surface area contributed by atoms with Gasteiger partial charge in [0.15, 0.2) is 0 Å². The molecule has 0 unspecified atom stereocenters. The number of hydroxylamine groups is 1. The summed E-state index contributed by atoms with van der Waals surface area (Å²) in [7, 11) is 0. The fourth-order valence-electron chi connectivity index (χ4n) is 1.93. The lowest BCUT2D eigenvalue weighted by Gasteiger charge is -2.18. The van der Waals surface area contributed by atoms with Crippen LogP contribution in [0.15, 0.2) is 59.6 Å². The standard InChI is InChI=1S/C15H15N3O/c1-2-6-12(7-3-1)11-19-18-15-16-10-13-8-4-5-9-14(13)17-15/h1-9H,10-11H2,(H2,16,17,18). The van der Waals surface area contributed by atoms with E-state index in [1.165, 1.54) is 5.56 Å². The molecule has 0 bridgehead atoms. The van der Waals surface area contributed by atoms with Crippen molar-refractivity contribution in [3.63, 3.8) is 0 Å². The van der Waals surface area contributed by atoms with Crippen LogP contribution in [0.25, 0.3) is 0 Å². The molecule has 0 aliphatic carbocycles. The molecule has 0 radical (unpaired) electrons. The minimum absolute atomic E-state index is 0.503. The van der Waals surface area contributed by atoms with Crippen LogP contribution in [0.1, 0.15) is 11.1 Å². The molecule has 4 nitrogen and oxygen atoms in total. The monoisotopic (exact) mass is 253 g/mol. The van der Waals surface area contributed by atoms with Crippen LogP contribution in [-0.2, 0) is 18.0 Å². The maximum Gasteiger partial charge on any atom is 0.220 e. The smallest absolute Gasteiger partial charge is 0.220 e. The van der Waals surface area contributed by atoms with Gasteiger partial charge in [0.25, 0.3) is 0 Å². The van der Waals surface area contributed by atoms with Crippen LogP contribution in [0.5, 0.6) is 0 Å². The van der Waals surface area contributed by atoms with Gasteiger partial charge in [0.05, 0.1) is 13.2 Å². The van der Waals surface area contributed by atoms with Crippen LogP contribution in [-0.4, -0.2) is 5.96 Å². The number of benzene rings is 2. The molecule has 19 heavy (non-hydrogen) atoms. The Kier molecular flexibility index (Phi) is 3.42. The average Bonchev–Trinajstić information content (AvgIpc) is 2.48. The number of fused-ring (bicyclic) bond motifs is 1. The molecule has 2 aromatic carbocycles. The zero-order valence-corrected chi connectivity index (χ0v) is 10.5. The molecule has 0 amide bonds. The molecule has 2 aromatic rings. The summed E-state index contributed by atoms with van der Waals surface area (Å²) in [5, 5.41) is 3.20. The van der Waals surface area contributed by atoms with Crippen LogP contribution in [0.4, 0.5) is 5.69 Å². The van der Waals surface area contributed by atoms with Gasteiger partial charge in [-0.2, -0.15) is 0 Å². The van der Waals surface area contributed by atoms with Crippen molar-refractivity contribution in [1.82, 2.24) is 5.48 Å². The summed E-state index contributed by atoms with van der Waals surface area (Å²) in [6, 6.07) is 18.1. The molecule has 96 valence electrons. The van der Waals surface area contributed by atoms with Gasteiger partial charge >= 0.3 is 0 Å². The first-order valence-electron chi connectivity index (χ1n) is 6.23. The first-order chi connectivity index (χ1) is 9.42. The van der Waals surface area contributed by atoms with Gasteiger partial charge in [0, 0.05) is 5.69 Å². The summed E-state index contributed by atoms with van der Waals surface area (Å²) in [6.45, 7) is 1.17. The van der Waals surface area contributed by atoms with Crippen LogP contribution in [0.2, 0.25) is 0 Å². The number of nitrogens with one attached hydrogen (secondary N) is 2. The molecule has 2 N–H and O–H groups in total. The van der Waals surface area contributed by atoms with Gasteiger partial charge in [0.1, 0.15) is 0 Å². The highest BCUT2D eigenvalue weighted by molar-refractivity contribution is 5.95. The van der Waals surface area contributed by atoms with Crippen molar-refractivity contribution < 1.29 is 4.84 Å². The molecule has 3 rings (SSSR count). The van der Waals surface area contributed by atoms with Crippen molar-refractivity contribution in [3.8, 4) is 0 Å². The maximum absolute atomic E-state index is 5.43. The molecular weight excluding hydrogens is 238 g/mol. The lowest BCUT2D eigenvalue weighted by molar-refractivity contribution is 0.0708. The molecule has 1 aliphatic rings. The lowest BCUT2D eigenvalue weighted by Crippen LogP contribution is -2.33. The largest absolute Gasteiger partial charge is 0.324 e. The minimum Gasteiger partial charge on any atom is -0.324 e. The molecule has 0 atom stereocenters. The Labute approximate surface area is 112 Å². The Balaban J connectivity index is 1.54. The normalized spacial score (nSPS) is 13.2. The third-order valence-electron chi connectivity index (χ3n) is 2.93. The van der Waals surface area contributed by atoms with E-state index in [0.29, 0.717) is 19.1 Å². The van der Waals surface area contributed by atoms with E-state index in [1.54, 1.807) is 0 Å². The van der Waals surface area contributed by atoms with E-state index in [1.807, 2.05) is 48.5 Å². The van der Waals surface area contributed by atoms with E-state index in [4.69, 9.17) is 4.84 Å². The minimum atomic E-state index is 0.503. The summed E-state index contributed by atoms with van der Waals surface area (Å²) in [5.74, 6) is 0.648. The number of guanidine groups is 1. The zero-order chi connectivity index (χ0) is 12.9. The Bertz CT molecular complexity index is 581. The van der Waals surface area contributed by atoms with Crippen molar-refractivity contribution in [2.45, 2.75) is 13.2 Å². The molecule has 0 saturated carbocycles. The molecule has 1 aliphatic heterocycles. The number of aliphatic imine (C=N–C) groups is 1. The second-order valence-corrected chi connectivity index (χ2v) is 4.32. The van der Waals surface area contributed by atoms with Gasteiger partial charge in [-0.1, -0.05) is 48.5 Å². The molecule has 1 heterocycles. The van der Waals surface area contributed by atoms with Crippen molar-refractivity contribution >= 4 is 11.6 Å². The van der Waals surface area contributed by atoms with E-state index in [0.717, 1.165) is 11.3 Å². The van der Waals surface area contributed by atoms with E-state index in [-0.39, 0.29) is 0 Å². The maximum atomic E-state index is 5.43. The van der Waals surface area contributed by atoms with E-state index < -0.39 is 0 Å². The van der Waals surface area contributed by atoms with Crippen molar-refractivity contribution in [1.29, 1.82) is 0 Å². The Morgan fingerprint density at radius 1 is 1.05 bits per heavy atom. The number of anilines is 1. The number of nitrogens with zero attached hydrogens (tertiary/aromatic N) is 1. The summed E-state index contributed by atoms with van der Waals surface area (Å²) in [4.78, 5) is 9.80. The molecule has 4 heteroatoms. The summed E-state index contributed by atoms with van der Waals surface area (Å²) in [6.07, 6.45) is 0. The van der Waals surface area contributed by atoms with Gasteiger partial charge in [-0.25, -0.2) is 10.5 Å². The molecular formula is C15H15N3O. The first kappa shape index (κ1) is 11.7. The van der Waals surface area contributed by atoms with Gasteiger partial charge < -0.3 is 5.32 Å². The van der Waals surface area contributed by atoms with Crippen LogP contribution in [0, 0.1) is 0 Å². The first-order valence-corrected chi connectivity index (χ1v) is 6.23.